The molecule has 0 bridgehead atoms. The predicted octanol–water partition coefficient (Wildman–Crippen LogP) is 2.19. The quantitative estimate of drug-likeness (QED) is 0.888. The van der Waals surface area contributed by atoms with Gasteiger partial charge in [0.15, 0.2) is 0 Å². The van der Waals surface area contributed by atoms with E-state index in [1.165, 1.54) is 0 Å². The highest BCUT2D eigenvalue weighted by Crippen LogP contribution is 2.08. The molecular weight excluding hydrogens is 272 g/mol. The molecule has 0 fully saturated rings. The van der Waals surface area contributed by atoms with Gasteiger partial charge >= 0.3 is 6.03 Å². The number of amides is 2. The van der Waals surface area contributed by atoms with Crippen LogP contribution in [0, 0.1) is 6.92 Å². The highest BCUT2D eigenvalue weighted by Gasteiger charge is 2.08. The zero-order valence-electron chi connectivity index (χ0n) is 12.0. The Morgan fingerprint density at radius 2 is 2.30 bits per heavy atom. The summed E-state index contributed by atoms with van der Waals surface area (Å²) in [6, 6.07) is 5.97. The van der Waals surface area contributed by atoms with Gasteiger partial charge in [-0.1, -0.05) is 6.07 Å². The van der Waals surface area contributed by atoms with E-state index in [1.807, 2.05) is 48.9 Å². The molecule has 1 atom stereocenters. The summed E-state index contributed by atoms with van der Waals surface area (Å²) >= 11 is 1.71. The molecule has 2 heterocycles. The number of hydrogen-bond donors (Lipinski definition) is 2. The lowest BCUT2D eigenvalue weighted by Gasteiger charge is -2.12. The van der Waals surface area contributed by atoms with Gasteiger partial charge in [0.05, 0.1) is 12.2 Å². The van der Waals surface area contributed by atoms with Crippen molar-refractivity contribution < 1.29 is 4.79 Å². The largest absolute Gasteiger partial charge is 0.335 e. The third-order valence-corrected chi connectivity index (χ3v) is 3.80. The normalized spacial score (nSPS) is 12.3. The minimum Gasteiger partial charge on any atom is -0.335 e. The maximum Gasteiger partial charge on any atom is 0.315 e. The lowest BCUT2D eigenvalue weighted by Crippen LogP contribution is -2.41. The number of aryl methyl sites for hydroxylation is 1. The number of urea groups is 1. The van der Waals surface area contributed by atoms with Crippen LogP contribution in [0.5, 0.6) is 0 Å². The predicted molar refractivity (Wildman–Crippen MR) is 83.1 cm³/mol. The third kappa shape index (κ3) is 3.66. The standard InChI is InChI=1S/C14H20N4OS/c1-10(9-20-3)16-14(19)15-7-12-8-18-11(2)5-4-6-13(18)17-12/h4-6,8,10H,7,9H2,1-3H3,(H2,15,16,19)/t10-/m1/s1. The Morgan fingerprint density at radius 1 is 1.50 bits per heavy atom. The van der Waals surface area contributed by atoms with Crippen molar-refractivity contribution in [1.82, 2.24) is 20.0 Å². The van der Waals surface area contributed by atoms with Gasteiger partial charge in [-0.2, -0.15) is 11.8 Å². The zero-order valence-corrected chi connectivity index (χ0v) is 12.8. The number of fused-ring (bicyclic) bond motifs is 1. The first-order valence-electron chi connectivity index (χ1n) is 6.57. The second kappa shape index (κ2) is 6.65. The SMILES string of the molecule is CSC[C@@H](C)NC(=O)NCc1cn2c(C)cccc2n1. The Morgan fingerprint density at radius 3 is 3.00 bits per heavy atom. The fraction of sp³-hybridized carbons (Fsp3) is 0.429. The van der Waals surface area contributed by atoms with Crippen molar-refractivity contribution in [3.05, 3.63) is 35.8 Å². The summed E-state index contributed by atoms with van der Waals surface area (Å²) in [4.78, 5) is 16.2. The molecule has 2 amide bonds. The van der Waals surface area contributed by atoms with E-state index < -0.39 is 0 Å². The van der Waals surface area contributed by atoms with Crippen molar-refractivity contribution in [1.29, 1.82) is 0 Å². The van der Waals surface area contributed by atoms with E-state index in [1.54, 1.807) is 11.8 Å². The zero-order chi connectivity index (χ0) is 14.5. The molecule has 2 aromatic rings. The van der Waals surface area contributed by atoms with E-state index in [0.717, 1.165) is 22.8 Å². The Bertz CT molecular complexity index is 596. The molecule has 0 aliphatic heterocycles. The number of rotatable bonds is 5. The second-order valence-corrected chi connectivity index (χ2v) is 5.72. The summed E-state index contributed by atoms with van der Waals surface area (Å²) in [5.41, 5.74) is 2.88. The first kappa shape index (κ1) is 14.7. The summed E-state index contributed by atoms with van der Waals surface area (Å²) < 4.78 is 2.02. The van der Waals surface area contributed by atoms with Crippen molar-refractivity contribution in [2.75, 3.05) is 12.0 Å². The fourth-order valence-electron chi connectivity index (χ4n) is 2.02. The number of nitrogens with one attached hydrogen (secondary N) is 2. The van der Waals surface area contributed by atoms with Gasteiger partial charge in [0.25, 0.3) is 0 Å². The van der Waals surface area contributed by atoms with E-state index >= 15 is 0 Å². The van der Waals surface area contributed by atoms with Crippen molar-refractivity contribution in [3.63, 3.8) is 0 Å². The lowest BCUT2D eigenvalue weighted by molar-refractivity contribution is 0.238. The molecule has 0 radical (unpaired) electrons. The monoisotopic (exact) mass is 292 g/mol. The average molecular weight is 292 g/mol. The molecule has 0 saturated carbocycles. The molecule has 0 aliphatic carbocycles. The third-order valence-electron chi connectivity index (χ3n) is 2.97. The van der Waals surface area contributed by atoms with Gasteiger partial charge in [0.2, 0.25) is 0 Å². The highest BCUT2D eigenvalue weighted by molar-refractivity contribution is 7.98. The summed E-state index contributed by atoms with van der Waals surface area (Å²) in [5, 5.41) is 5.72. The van der Waals surface area contributed by atoms with E-state index in [9.17, 15) is 4.79 Å². The molecule has 2 N–H and O–H groups in total. The van der Waals surface area contributed by atoms with Crippen molar-refractivity contribution in [2.24, 2.45) is 0 Å². The summed E-state index contributed by atoms with van der Waals surface area (Å²) in [6.07, 6.45) is 3.98. The number of hydrogen-bond acceptors (Lipinski definition) is 3. The van der Waals surface area contributed by atoms with E-state index in [0.29, 0.717) is 6.54 Å². The lowest BCUT2D eigenvalue weighted by atomic mass is 10.4. The molecule has 0 saturated heterocycles. The van der Waals surface area contributed by atoms with E-state index in [4.69, 9.17) is 0 Å². The molecule has 0 spiro atoms. The van der Waals surface area contributed by atoms with Gasteiger partial charge in [-0.25, -0.2) is 9.78 Å². The Balaban J connectivity index is 1.92. The first-order valence-corrected chi connectivity index (χ1v) is 7.96. The van der Waals surface area contributed by atoms with Crippen LogP contribution >= 0.6 is 11.8 Å². The highest BCUT2D eigenvalue weighted by atomic mass is 32.2. The van der Waals surface area contributed by atoms with E-state index in [2.05, 4.69) is 15.6 Å². The molecule has 2 aromatic heterocycles. The van der Waals surface area contributed by atoms with Gasteiger partial charge < -0.3 is 15.0 Å². The summed E-state index contributed by atoms with van der Waals surface area (Å²) in [7, 11) is 0. The number of aromatic nitrogens is 2. The minimum absolute atomic E-state index is 0.152. The molecule has 108 valence electrons. The molecule has 6 heteroatoms. The van der Waals surface area contributed by atoms with Crippen LogP contribution in [-0.4, -0.2) is 33.5 Å². The van der Waals surface area contributed by atoms with Gasteiger partial charge in [-0.3, -0.25) is 0 Å². The van der Waals surface area contributed by atoms with Crippen LogP contribution in [0.2, 0.25) is 0 Å². The minimum atomic E-state index is -0.152. The Labute approximate surface area is 123 Å². The molecule has 2 rings (SSSR count). The van der Waals surface area contributed by atoms with Crippen LogP contribution < -0.4 is 10.6 Å². The van der Waals surface area contributed by atoms with Crippen molar-refractivity contribution in [3.8, 4) is 0 Å². The Kier molecular flexibility index (Phi) is 4.89. The fourth-order valence-corrected chi connectivity index (χ4v) is 2.60. The number of pyridine rings is 1. The maximum absolute atomic E-state index is 11.7. The molecule has 0 aliphatic rings. The summed E-state index contributed by atoms with van der Waals surface area (Å²) in [6.45, 7) is 4.45. The number of carbonyl (C=O) groups is 1. The topological polar surface area (TPSA) is 58.4 Å². The summed E-state index contributed by atoms with van der Waals surface area (Å²) in [5.74, 6) is 0.904. The molecule has 5 nitrogen and oxygen atoms in total. The molecule has 20 heavy (non-hydrogen) atoms. The number of nitrogens with zero attached hydrogens (tertiary/aromatic N) is 2. The van der Waals surface area contributed by atoms with Crippen molar-refractivity contribution >= 4 is 23.4 Å². The molecule has 0 unspecified atom stereocenters. The maximum atomic E-state index is 11.7. The van der Waals surface area contributed by atoms with Gasteiger partial charge in [-0.05, 0) is 32.2 Å². The van der Waals surface area contributed by atoms with Gasteiger partial charge in [-0.15, -0.1) is 0 Å². The van der Waals surface area contributed by atoms with Crippen LogP contribution in [0.25, 0.3) is 5.65 Å². The van der Waals surface area contributed by atoms with E-state index in [-0.39, 0.29) is 12.1 Å². The van der Waals surface area contributed by atoms with Gasteiger partial charge in [0, 0.05) is 23.7 Å². The molecule has 0 aromatic carbocycles. The van der Waals surface area contributed by atoms with Crippen LogP contribution in [0.4, 0.5) is 4.79 Å². The smallest absolute Gasteiger partial charge is 0.315 e. The van der Waals surface area contributed by atoms with Gasteiger partial charge in [0.1, 0.15) is 5.65 Å². The number of carbonyl (C=O) groups excluding carboxylic acids is 1. The second-order valence-electron chi connectivity index (χ2n) is 4.81. The number of imidazole rings is 1. The van der Waals surface area contributed by atoms with Crippen LogP contribution in [0.15, 0.2) is 24.4 Å². The first-order chi connectivity index (χ1) is 9.60. The molecular formula is C14H20N4OS. The van der Waals surface area contributed by atoms with Crippen LogP contribution in [0.1, 0.15) is 18.3 Å². The van der Waals surface area contributed by atoms with Crippen LogP contribution in [0.3, 0.4) is 0 Å². The average Bonchev–Trinajstić information content (AvgIpc) is 2.81. The Hall–Kier alpha value is -1.69. The van der Waals surface area contributed by atoms with Crippen molar-refractivity contribution in [2.45, 2.75) is 26.4 Å². The number of thioether (sulfide) groups is 1. The van der Waals surface area contributed by atoms with Crippen LogP contribution in [-0.2, 0) is 6.54 Å².